The zero-order valence-corrected chi connectivity index (χ0v) is 15.5. The summed E-state index contributed by atoms with van der Waals surface area (Å²) >= 11 is 1.68. The molecule has 2 heterocycles. The van der Waals surface area contributed by atoms with Gasteiger partial charge in [-0.15, -0.1) is 0 Å². The second kappa shape index (κ2) is 8.58. The molecule has 0 aliphatic carbocycles. The Kier molecular flexibility index (Phi) is 6.20. The standard InChI is InChI=1S/C18H16N2OS3/c1-13-10-14(12-21)5-7-16(13)22-15-6-8-18(20-11-15)24-23-17-4-2-3-9-19-17/h2-11,21H,12H2,1H3. The van der Waals surface area contributed by atoms with E-state index in [1.807, 2.05) is 48.7 Å². The average Bonchev–Trinajstić information content (AvgIpc) is 2.63. The van der Waals surface area contributed by atoms with Crippen molar-refractivity contribution in [3.63, 3.8) is 0 Å². The molecule has 0 amide bonds. The third-order valence-electron chi connectivity index (χ3n) is 3.21. The lowest BCUT2D eigenvalue weighted by Gasteiger charge is -2.07. The number of pyridine rings is 2. The smallest absolute Gasteiger partial charge is 0.107 e. The van der Waals surface area contributed by atoms with E-state index in [1.54, 1.807) is 39.5 Å². The monoisotopic (exact) mass is 372 g/mol. The summed E-state index contributed by atoms with van der Waals surface area (Å²) in [5.41, 5.74) is 2.10. The molecule has 1 N–H and O–H groups in total. The Morgan fingerprint density at radius 3 is 2.42 bits per heavy atom. The Morgan fingerprint density at radius 2 is 1.79 bits per heavy atom. The Labute approximate surface area is 153 Å². The minimum Gasteiger partial charge on any atom is -0.392 e. The molecule has 3 rings (SSSR count). The maximum atomic E-state index is 9.18. The fraction of sp³-hybridized carbons (Fsp3) is 0.111. The van der Waals surface area contributed by atoms with E-state index < -0.39 is 0 Å². The van der Waals surface area contributed by atoms with Gasteiger partial charge in [-0.05, 0) is 70.0 Å². The summed E-state index contributed by atoms with van der Waals surface area (Å²) in [7, 11) is 3.21. The molecule has 3 nitrogen and oxygen atoms in total. The van der Waals surface area contributed by atoms with Crippen LogP contribution >= 0.6 is 33.3 Å². The number of rotatable bonds is 6. The second-order valence-electron chi connectivity index (χ2n) is 5.03. The van der Waals surface area contributed by atoms with E-state index in [4.69, 9.17) is 0 Å². The van der Waals surface area contributed by atoms with Crippen molar-refractivity contribution in [2.45, 2.75) is 33.4 Å². The van der Waals surface area contributed by atoms with Crippen LogP contribution in [0.2, 0.25) is 0 Å². The number of benzene rings is 1. The van der Waals surface area contributed by atoms with Crippen LogP contribution in [0.15, 0.2) is 80.8 Å². The SMILES string of the molecule is Cc1cc(CO)ccc1Sc1ccc(SSc2ccccn2)nc1. The highest BCUT2D eigenvalue weighted by molar-refractivity contribution is 8.76. The van der Waals surface area contributed by atoms with Crippen molar-refractivity contribution in [3.8, 4) is 0 Å². The Morgan fingerprint density at radius 1 is 0.958 bits per heavy atom. The molecule has 1 aromatic carbocycles. The number of nitrogens with zero attached hydrogens (tertiary/aromatic N) is 2. The van der Waals surface area contributed by atoms with Crippen LogP contribution in [0.25, 0.3) is 0 Å². The lowest BCUT2D eigenvalue weighted by Crippen LogP contribution is -1.87. The van der Waals surface area contributed by atoms with Gasteiger partial charge in [0.2, 0.25) is 0 Å². The molecule has 0 radical (unpaired) electrons. The first-order valence-electron chi connectivity index (χ1n) is 7.34. The van der Waals surface area contributed by atoms with Crippen LogP contribution in [0.3, 0.4) is 0 Å². The molecule has 0 unspecified atom stereocenters. The largest absolute Gasteiger partial charge is 0.392 e. The van der Waals surface area contributed by atoms with Gasteiger partial charge in [0, 0.05) is 22.2 Å². The van der Waals surface area contributed by atoms with Crippen LogP contribution in [-0.2, 0) is 6.61 Å². The van der Waals surface area contributed by atoms with Crippen LogP contribution in [-0.4, -0.2) is 15.1 Å². The van der Waals surface area contributed by atoms with E-state index in [0.717, 1.165) is 26.1 Å². The molecular weight excluding hydrogens is 356 g/mol. The number of aliphatic hydroxyl groups excluding tert-OH is 1. The quantitative estimate of drug-likeness (QED) is 0.598. The zero-order valence-electron chi connectivity index (χ0n) is 13.0. The minimum absolute atomic E-state index is 0.0766. The third-order valence-corrected chi connectivity index (χ3v) is 6.55. The van der Waals surface area contributed by atoms with Gasteiger partial charge in [0.1, 0.15) is 10.1 Å². The van der Waals surface area contributed by atoms with E-state index in [9.17, 15) is 5.11 Å². The van der Waals surface area contributed by atoms with Gasteiger partial charge in [-0.2, -0.15) is 0 Å². The Balaban J connectivity index is 1.62. The van der Waals surface area contributed by atoms with Crippen molar-refractivity contribution in [3.05, 3.63) is 72.1 Å². The Bertz CT molecular complexity index is 795. The maximum absolute atomic E-state index is 9.18. The van der Waals surface area contributed by atoms with E-state index >= 15 is 0 Å². The molecule has 24 heavy (non-hydrogen) atoms. The van der Waals surface area contributed by atoms with Gasteiger partial charge < -0.3 is 5.11 Å². The van der Waals surface area contributed by atoms with E-state index in [0.29, 0.717) is 0 Å². The lowest BCUT2D eigenvalue weighted by molar-refractivity contribution is 0.281. The highest BCUT2D eigenvalue weighted by Gasteiger charge is 2.04. The second-order valence-corrected chi connectivity index (χ2v) is 8.31. The molecule has 0 fully saturated rings. The molecule has 0 aliphatic heterocycles. The van der Waals surface area contributed by atoms with Crippen molar-refractivity contribution in [2.75, 3.05) is 0 Å². The van der Waals surface area contributed by atoms with Crippen LogP contribution < -0.4 is 0 Å². The molecular formula is C18H16N2OS3. The summed E-state index contributed by atoms with van der Waals surface area (Å²) < 4.78 is 0. The normalized spacial score (nSPS) is 10.8. The van der Waals surface area contributed by atoms with Gasteiger partial charge in [0.05, 0.1) is 6.61 Å². The molecule has 122 valence electrons. The zero-order chi connectivity index (χ0) is 16.8. The summed E-state index contributed by atoms with van der Waals surface area (Å²) in [6, 6.07) is 16.0. The van der Waals surface area contributed by atoms with Gasteiger partial charge in [0.15, 0.2) is 0 Å². The van der Waals surface area contributed by atoms with E-state index in [1.165, 1.54) is 4.90 Å². The number of aromatic nitrogens is 2. The molecule has 2 aromatic heterocycles. The van der Waals surface area contributed by atoms with Gasteiger partial charge in [-0.25, -0.2) is 9.97 Å². The highest BCUT2D eigenvalue weighted by Crippen LogP contribution is 2.36. The molecule has 0 aliphatic rings. The number of hydrogen-bond acceptors (Lipinski definition) is 6. The van der Waals surface area contributed by atoms with Crippen molar-refractivity contribution in [1.29, 1.82) is 0 Å². The molecule has 0 spiro atoms. The predicted molar refractivity (Wildman–Crippen MR) is 101 cm³/mol. The molecule has 0 saturated carbocycles. The van der Waals surface area contributed by atoms with Crippen LogP contribution in [0, 0.1) is 6.92 Å². The molecule has 0 bridgehead atoms. The van der Waals surface area contributed by atoms with Gasteiger partial charge in [0.25, 0.3) is 0 Å². The topological polar surface area (TPSA) is 46.0 Å². The van der Waals surface area contributed by atoms with Gasteiger partial charge >= 0.3 is 0 Å². The first-order valence-corrected chi connectivity index (χ1v) is 10.3. The average molecular weight is 373 g/mol. The number of hydrogen-bond donors (Lipinski definition) is 1. The molecule has 6 heteroatoms. The number of aliphatic hydroxyl groups is 1. The van der Waals surface area contributed by atoms with Crippen molar-refractivity contribution >= 4 is 33.3 Å². The number of aryl methyl sites for hydroxylation is 1. The van der Waals surface area contributed by atoms with Gasteiger partial charge in [-0.3, -0.25) is 0 Å². The van der Waals surface area contributed by atoms with E-state index in [2.05, 4.69) is 23.0 Å². The summed E-state index contributed by atoms with van der Waals surface area (Å²) in [6.45, 7) is 2.13. The predicted octanol–water partition coefficient (Wildman–Crippen LogP) is 5.23. The Hall–Kier alpha value is -1.47. The molecule has 0 atom stereocenters. The van der Waals surface area contributed by atoms with Crippen LogP contribution in [0.5, 0.6) is 0 Å². The van der Waals surface area contributed by atoms with Crippen molar-refractivity contribution in [1.82, 2.24) is 9.97 Å². The maximum Gasteiger partial charge on any atom is 0.107 e. The highest BCUT2D eigenvalue weighted by atomic mass is 33.1. The fourth-order valence-electron chi connectivity index (χ4n) is 2.01. The summed E-state index contributed by atoms with van der Waals surface area (Å²) in [4.78, 5) is 11.1. The summed E-state index contributed by atoms with van der Waals surface area (Å²) in [5.74, 6) is 0. The summed E-state index contributed by atoms with van der Waals surface area (Å²) in [6.07, 6.45) is 3.69. The van der Waals surface area contributed by atoms with E-state index in [-0.39, 0.29) is 6.61 Å². The van der Waals surface area contributed by atoms with Crippen LogP contribution in [0.1, 0.15) is 11.1 Å². The third kappa shape index (κ3) is 4.77. The first kappa shape index (κ1) is 17.4. The van der Waals surface area contributed by atoms with Crippen LogP contribution in [0.4, 0.5) is 0 Å². The first-order chi connectivity index (χ1) is 11.7. The van der Waals surface area contributed by atoms with Gasteiger partial charge in [-0.1, -0.05) is 30.0 Å². The fourth-order valence-corrected chi connectivity index (χ4v) is 4.59. The molecule has 0 saturated heterocycles. The lowest BCUT2D eigenvalue weighted by atomic mass is 10.1. The van der Waals surface area contributed by atoms with Crippen molar-refractivity contribution < 1.29 is 5.11 Å². The van der Waals surface area contributed by atoms with Crippen molar-refractivity contribution in [2.24, 2.45) is 0 Å². The summed E-state index contributed by atoms with van der Waals surface area (Å²) in [5, 5.41) is 11.1. The minimum atomic E-state index is 0.0766. The molecule has 3 aromatic rings.